The summed E-state index contributed by atoms with van der Waals surface area (Å²) in [5.74, 6) is 0. The van der Waals surface area contributed by atoms with E-state index in [-0.39, 0.29) is 0 Å². The van der Waals surface area contributed by atoms with Crippen molar-refractivity contribution >= 4 is 66.8 Å². The molecule has 0 N–H and O–H groups in total. The summed E-state index contributed by atoms with van der Waals surface area (Å²) >= 11 is 0. The van der Waals surface area contributed by atoms with Gasteiger partial charge < -0.3 is 18.9 Å². The molecule has 9 aromatic rings. The SMILES string of the molecule is c1ccc(N2c3ccccc3N(c3cccc(-n4c5ccccc5c5cc6ccn(-c7ccccc7)c6cc54)c3)c3ccccc32)cc1. The minimum atomic E-state index is 1.11. The smallest absolute Gasteiger partial charge is 0.0703 e. The summed E-state index contributed by atoms with van der Waals surface area (Å²) in [6, 6.07) is 63.3. The molecule has 0 spiro atoms. The summed E-state index contributed by atoms with van der Waals surface area (Å²) in [5.41, 5.74) is 12.7. The third-order valence-electron chi connectivity index (χ3n) is 9.61. The molecule has 0 aliphatic carbocycles. The molecule has 4 heteroatoms. The molecule has 0 amide bonds. The van der Waals surface area contributed by atoms with Crippen molar-refractivity contribution in [1.82, 2.24) is 9.13 Å². The summed E-state index contributed by atoms with van der Waals surface area (Å²) in [5, 5.41) is 3.73. The molecule has 48 heavy (non-hydrogen) atoms. The molecule has 0 bridgehead atoms. The van der Waals surface area contributed by atoms with Crippen molar-refractivity contribution in [2.24, 2.45) is 0 Å². The summed E-state index contributed by atoms with van der Waals surface area (Å²) in [6.45, 7) is 0. The molecular formula is C44H30N4. The second-order valence-corrected chi connectivity index (χ2v) is 12.3. The first kappa shape index (κ1) is 26.7. The van der Waals surface area contributed by atoms with E-state index in [0.717, 1.165) is 45.5 Å². The van der Waals surface area contributed by atoms with Crippen molar-refractivity contribution in [1.29, 1.82) is 0 Å². The van der Waals surface area contributed by atoms with Gasteiger partial charge in [0.15, 0.2) is 0 Å². The first-order valence-corrected chi connectivity index (χ1v) is 16.4. The number of anilines is 6. The Morgan fingerprint density at radius 1 is 0.312 bits per heavy atom. The Morgan fingerprint density at radius 3 is 1.54 bits per heavy atom. The van der Waals surface area contributed by atoms with Gasteiger partial charge in [-0.15, -0.1) is 0 Å². The molecule has 226 valence electrons. The third kappa shape index (κ3) is 3.96. The van der Waals surface area contributed by atoms with E-state index in [9.17, 15) is 0 Å². The number of rotatable bonds is 4. The number of hydrogen-bond acceptors (Lipinski definition) is 2. The van der Waals surface area contributed by atoms with Gasteiger partial charge in [-0.1, -0.05) is 84.9 Å². The van der Waals surface area contributed by atoms with Crippen LogP contribution >= 0.6 is 0 Å². The van der Waals surface area contributed by atoms with Gasteiger partial charge in [0.25, 0.3) is 0 Å². The summed E-state index contributed by atoms with van der Waals surface area (Å²) in [4.78, 5) is 4.77. The zero-order valence-electron chi connectivity index (χ0n) is 26.1. The fraction of sp³-hybridized carbons (Fsp3) is 0. The predicted molar refractivity (Wildman–Crippen MR) is 201 cm³/mol. The van der Waals surface area contributed by atoms with E-state index in [1.165, 1.54) is 32.7 Å². The highest BCUT2D eigenvalue weighted by atomic mass is 15.3. The third-order valence-corrected chi connectivity index (χ3v) is 9.61. The van der Waals surface area contributed by atoms with Gasteiger partial charge in [-0.2, -0.15) is 0 Å². The Labute approximate surface area is 278 Å². The van der Waals surface area contributed by atoms with Crippen LogP contribution < -0.4 is 9.80 Å². The van der Waals surface area contributed by atoms with Gasteiger partial charge >= 0.3 is 0 Å². The monoisotopic (exact) mass is 614 g/mol. The van der Waals surface area contributed by atoms with E-state index in [1.807, 2.05) is 0 Å². The molecular weight excluding hydrogens is 585 g/mol. The van der Waals surface area contributed by atoms with Gasteiger partial charge in [0.2, 0.25) is 0 Å². The molecule has 0 unspecified atom stereocenters. The maximum atomic E-state index is 2.42. The fourth-order valence-corrected chi connectivity index (χ4v) is 7.54. The van der Waals surface area contributed by atoms with Crippen molar-refractivity contribution in [3.63, 3.8) is 0 Å². The minimum Gasteiger partial charge on any atom is -0.316 e. The highest BCUT2D eigenvalue weighted by Gasteiger charge is 2.30. The predicted octanol–water partition coefficient (Wildman–Crippen LogP) is 12.0. The standard InChI is InChI=1S/C44H30N4/c1-3-14-32(15-4-1)45-27-26-31-28-37-36-20-7-8-21-38(36)47(44(37)30-43(31)45)34-18-13-19-35(29-34)48-41-24-11-9-22-39(41)46(33-16-5-2-6-17-33)40-23-10-12-25-42(40)48/h1-30H. The molecule has 0 atom stereocenters. The molecule has 7 aromatic carbocycles. The first-order chi connectivity index (χ1) is 23.8. The number of hydrogen-bond donors (Lipinski definition) is 0. The molecule has 0 fully saturated rings. The van der Waals surface area contributed by atoms with Crippen LogP contribution in [-0.2, 0) is 0 Å². The van der Waals surface area contributed by atoms with E-state index in [1.54, 1.807) is 0 Å². The van der Waals surface area contributed by atoms with Crippen LogP contribution in [0.3, 0.4) is 0 Å². The van der Waals surface area contributed by atoms with Gasteiger partial charge in [-0.05, 0) is 91.0 Å². The van der Waals surface area contributed by atoms with Crippen molar-refractivity contribution in [3.8, 4) is 11.4 Å². The van der Waals surface area contributed by atoms with Gasteiger partial charge in [-0.25, -0.2) is 0 Å². The maximum absolute atomic E-state index is 2.42. The second kappa shape index (κ2) is 10.5. The van der Waals surface area contributed by atoms with E-state index in [4.69, 9.17) is 0 Å². The van der Waals surface area contributed by atoms with Crippen LogP contribution in [0.2, 0.25) is 0 Å². The number of fused-ring (bicyclic) bond motifs is 6. The lowest BCUT2D eigenvalue weighted by Crippen LogP contribution is -2.23. The largest absolute Gasteiger partial charge is 0.316 e. The molecule has 1 aliphatic rings. The number of aromatic nitrogens is 2. The number of nitrogens with zero attached hydrogens (tertiary/aromatic N) is 4. The van der Waals surface area contributed by atoms with Crippen LogP contribution in [0.4, 0.5) is 34.1 Å². The normalized spacial score (nSPS) is 12.5. The summed E-state index contributed by atoms with van der Waals surface area (Å²) < 4.78 is 4.71. The van der Waals surface area contributed by atoms with Crippen LogP contribution in [0.1, 0.15) is 0 Å². The molecule has 0 radical (unpaired) electrons. The first-order valence-electron chi connectivity index (χ1n) is 16.4. The van der Waals surface area contributed by atoms with Crippen LogP contribution in [0, 0.1) is 0 Å². The van der Waals surface area contributed by atoms with Crippen LogP contribution in [0.15, 0.2) is 182 Å². The van der Waals surface area contributed by atoms with E-state index in [2.05, 4.69) is 201 Å². The highest BCUT2D eigenvalue weighted by Crippen LogP contribution is 2.54. The van der Waals surface area contributed by atoms with Crippen molar-refractivity contribution in [3.05, 3.63) is 182 Å². The van der Waals surface area contributed by atoms with Crippen LogP contribution in [-0.4, -0.2) is 9.13 Å². The topological polar surface area (TPSA) is 16.3 Å². The lowest BCUT2D eigenvalue weighted by Gasteiger charge is -2.40. The zero-order chi connectivity index (χ0) is 31.6. The molecule has 1 aliphatic heterocycles. The highest BCUT2D eigenvalue weighted by molar-refractivity contribution is 6.13. The second-order valence-electron chi connectivity index (χ2n) is 12.3. The van der Waals surface area contributed by atoms with E-state index < -0.39 is 0 Å². The maximum Gasteiger partial charge on any atom is 0.0703 e. The van der Waals surface area contributed by atoms with Gasteiger partial charge in [-0.3, -0.25) is 0 Å². The fourth-order valence-electron chi connectivity index (χ4n) is 7.54. The van der Waals surface area contributed by atoms with E-state index >= 15 is 0 Å². The summed E-state index contributed by atoms with van der Waals surface area (Å²) in [6.07, 6.45) is 2.18. The molecule has 4 nitrogen and oxygen atoms in total. The van der Waals surface area contributed by atoms with Crippen LogP contribution in [0.25, 0.3) is 44.1 Å². The summed E-state index contributed by atoms with van der Waals surface area (Å²) in [7, 11) is 0. The lowest BCUT2D eigenvalue weighted by molar-refractivity contribution is 1.12. The Kier molecular flexibility index (Phi) is 5.84. The molecule has 10 rings (SSSR count). The van der Waals surface area contributed by atoms with Crippen molar-refractivity contribution < 1.29 is 0 Å². The Balaban J connectivity index is 1.19. The Hall–Kier alpha value is -6.52. The lowest BCUT2D eigenvalue weighted by atomic mass is 10.0. The van der Waals surface area contributed by atoms with Crippen molar-refractivity contribution in [2.75, 3.05) is 9.80 Å². The van der Waals surface area contributed by atoms with Gasteiger partial charge in [0.1, 0.15) is 0 Å². The Morgan fingerprint density at radius 2 is 0.854 bits per heavy atom. The van der Waals surface area contributed by atoms with E-state index in [0.29, 0.717) is 0 Å². The van der Waals surface area contributed by atoms with Gasteiger partial charge in [0.05, 0.1) is 39.3 Å². The average Bonchev–Trinajstić information content (AvgIpc) is 3.72. The zero-order valence-corrected chi connectivity index (χ0v) is 26.1. The molecule has 0 saturated carbocycles. The number of para-hydroxylation sites is 7. The van der Waals surface area contributed by atoms with Crippen molar-refractivity contribution in [2.45, 2.75) is 0 Å². The van der Waals surface area contributed by atoms with Gasteiger partial charge in [0, 0.05) is 45.1 Å². The number of benzene rings is 7. The Bertz CT molecular complexity index is 2580. The molecule has 2 aromatic heterocycles. The quantitative estimate of drug-likeness (QED) is 0.196. The molecule has 3 heterocycles. The average molecular weight is 615 g/mol. The van der Waals surface area contributed by atoms with Crippen LogP contribution in [0.5, 0.6) is 0 Å². The molecule has 0 saturated heterocycles. The minimum absolute atomic E-state index is 1.11.